The van der Waals surface area contributed by atoms with Crippen molar-refractivity contribution in [3.63, 3.8) is 0 Å². The van der Waals surface area contributed by atoms with Gasteiger partial charge in [0.15, 0.2) is 0 Å². The van der Waals surface area contributed by atoms with Crippen molar-refractivity contribution in [2.45, 2.75) is 18.4 Å². The van der Waals surface area contributed by atoms with Crippen LogP contribution >= 0.6 is 0 Å². The van der Waals surface area contributed by atoms with Gasteiger partial charge in [-0.3, -0.25) is 15.6 Å². The lowest BCUT2D eigenvalue weighted by Gasteiger charge is -2.20. The van der Waals surface area contributed by atoms with E-state index in [0.717, 1.165) is 24.2 Å². The second-order valence-electron chi connectivity index (χ2n) is 6.37. The van der Waals surface area contributed by atoms with Crippen molar-refractivity contribution in [1.29, 1.82) is 0 Å². The molecule has 3 rings (SSSR count). The number of hydrogen-bond acceptors (Lipinski definition) is 5. The highest BCUT2D eigenvalue weighted by atomic mass is 16.5. The molecule has 1 amide bonds. The lowest BCUT2D eigenvalue weighted by molar-refractivity contribution is 0.0927. The third-order valence-electron chi connectivity index (χ3n) is 4.69. The molecule has 1 fully saturated rings. The topological polar surface area (TPSA) is 82.6 Å². The smallest absolute Gasteiger partial charge is 0.255 e. The summed E-state index contributed by atoms with van der Waals surface area (Å²) < 4.78 is 5.46. The summed E-state index contributed by atoms with van der Waals surface area (Å²) in [5.41, 5.74) is 8.81. The van der Waals surface area contributed by atoms with E-state index in [-0.39, 0.29) is 18.6 Å². The molecule has 0 aromatic heterocycles. The van der Waals surface area contributed by atoms with E-state index >= 15 is 0 Å². The first kappa shape index (κ1) is 18.4. The van der Waals surface area contributed by atoms with Gasteiger partial charge in [0.1, 0.15) is 5.75 Å². The summed E-state index contributed by atoms with van der Waals surface area (Å²) in [5.74, 6) is 0.702. The molecule has 6 nitrogen and oxygen atoms in total. The molecule has 0 spiro atoms. The van der Waals surface area contributed by atoms with Crippen LogP contribution in [0.3, 0.4) is 0 Å². The van der Waals surface area contributed by atoms with Gasteiger partial charge in [0, 0.05) is 25.6 Å². The van der Waals surface area contributed by atoms with Gasteiger partial charge >= 0.3 is 0 Å². The summed E-state index contributed by atoms with van der Waals surface area (Å²) >= 11 is 0. The maximum Gasteiger partial charge on any atom is 0.255 e. The highest BCUT2D eigenvalue weighted by Crippen LogP contribution is 2.26. The minimum Gasteiger partial charge on any atom is -0.496 e. The zero-order valence-electron chi connectivity index (χ0n) is 14.9. The quantitative estimate of drug-likeness (QED) is 0.608. The first-order valence-corrected chi connectivity index (χ1v) is 8.83. The van der Waals surface area contributed by atoms with Gasteiger partial charge in [-0.15, -0.1) is 0 Å². The van der Waals surface area contributed by atoms with Gasteiger partial charge in [0.05, 0.1) is 18.7 Å². The van der Waals surface area contributed by atoms with Crippen LogP contribution in [0.2, 0.25) is 0 Å². The lowest BCUT2D eigenvalue weighted by Crippen LogP contribution is -2.29. The Kier molecular flexibility index (Phi) is 6.22. The largest absolute Gasteiger partial charge is 0.496 e. The van der Waals surface area contributed by atoms with Crippen molar-refractivity contribution in [2.75, 3.05) is 26.8 Å². The fourth-order valence-electron chi connectivity index (χ4n) is 3.22. The Bertz CT molecular complexity index is 730. The molecule has 138 valence electrons. The Morgan fingerprint density at radius 2 is 1.96 bits per heavy atom. The first-order valence-electron chi connectivity index (χ1n) is 8.83. The molecular formula is C20H25N3O3. The van der Waals surface area contributed by atoms with Crippen molar-refractivity contribution in [2.24, 2.45) is 0 Å². The van der Waals surface area contributed by atoms with Crippen LogP contribution in [0, 0.1) is 0 Å². The van der Waals surface area contributed by atoms with Crippen LogP contribution in [-0.4, -0.2) is 37.8 Å². The highest BCUT2D eigenvalue weighted by Gasteiger charge is 2.21. The van der Waals surface area contributed by atoms with Crippen LogP contribution < -0.4 is 20.9 Å². The molecule has 0 radical (unpaired) electrons. The van der Waals surface area contributed by atoms with E-state index in [0.29, 0.717) is 23.7 Å². The van der Waals surface area contributed by atoms with E-state index < -0.39 is 0 Å². The van der Waals surface area contributed by atoms with Crippen molar-refractivity contribution < 1.29 is 14.6 Å². The molecule has 2 aromatic carbocycles. The number of hydrogen-bond donors (Lipinski definition) is 4. The monoisotopic (exact) mass is 355 g/mol. The molecule has 4 N–H and O–H groups in total. The maximum absolute atomic E-state index is 12.8. The van der Waals surface area contributed by atoms with Crippen LogP contribution in [0.4, 0.5) is 0 Å². The van der Waals surface area contributed by atoms with Gasteiger partial charge < -0.3 is 15.2 Å². The van der Waals surface area contributed by atoms with Crippen LogP contribution in [0.5, 0.6) is 5.75 Å². The minimum absolute atomic E-state index is 0.00239. The number of aliphatic hydroxyl groups excluding tert-OH is 1. The average molecular weight is 355 g/mol. The summed E-state index contributed by atoms with van der Waals surface area (Å²) in [6, 6.07) is 15.1. The summed E-state index contributed by atoms with van der Waals surface area (Å²) in [4.78, 5) is 12.8. The first-order chi connectivity index (χ1) is 12.7. The second-order valence-corrected chi connectivity index (χ2v) is 6.37. The number of benzene rings is 2. The SMILES string of the molecule is COc1cc(C2CNNC2)ccc1C(=O)N[C@H](CCO)c1ccccc1. The molecule has 0 bridgehead atoms. The average Bonchev–Trinajstić information content (AvgIpc) is 3.22. The number of methoxy groups -OCH3 is 1. The van der Waals surface area contributed by atoms with Crippen LogP contribution in [-0.2, 0) is 0 Å². The molecule has 2 aromatic rings. The molecule has 1 saturated heterocycles. The lowest BCUT2D eigenvalue weighted by atomic mass is 9.97. The fourth-order valence-corrected chi connectivity index (χ4v) is 3.22. The van der Waals surface area contributed by atoms with Crippen LogP contribution in [0.1, 0.15) is 39.9 Å². The number of nitrogens with one attached hydrogen (secondary N) is 3. The van der Waals surface area contributed by atoms with E-state index in [9.17, 15) is 9.90 Å². The summed E-state index contributed by atoms with van der Waals surface area (Å²) in [7, 11) is 1.57. The molecule has 0 saturated carbocycles. The maximum atomic E-state index is 12.8. The van der Waals surface area contributed by atoms with Gasteiger partial charge in [-0.2, -0.15) is 0 Å². The molecule has 1 aliphatic rings. The van der Waals surface area contributed by atoms with Crippen molar-refractivity contribution in [3.05, 3.63) is 65.2 Å². The van der Waals surface area contributed by atoms with E-state index in [1.807, 2.05) is 48.5 Å². The minimum atomic E-state index is -0.249. The van der Waals surface area contributed by atoms with Gasteiger partial charge in [-0.25, -0.2) is 0 Å². The molecule has 1 aliphatic heterocycles. The van der Waals surface area contributed by atoms with Gasteiger partial charge in [0.25, 0.3) is 5.91 Å². The Morgan fingerprint density at radius 3 is 2.62 bits per heavy atom. The number of carbonyl (C=O) groups is 1. The summed E-state index contributed by atoms with van der Waals surface area (Å²) in [6.45, 7) is 1.69. The standard InChI is InChI=1S/C20H25N3O3/c1-26-19-11-15(16-12-21-22-13-16)7-8-17(19)20(25)23-18(9-10-24)14-5-3-2-4-6-14/h2-8,11,16,18,21-22,24H,9-10,12-13H2,1H3,(H,23,25)/t18-/m1/s1. The van der Waals surface area contributed by atoms with Crippen molar-refractivity contribution in [1.82, 2.24) is 16.2 Å². The Labute approximate surface area is 153 Å². The van der Waals surface area contributed by atoms with Gasteiger partial charge in [-0.05, 0) is 29.7 Å². The van der Waals surface area contributed by atoms with E-state index in [2.05, 4.69) is 16.2 Å². The Morgan fingerprint density at radius 1 is 1.23 bits per heavy atom. The summed E-state index contributed by atoms with van der Waals surface area (Å²) in [5, 5.41) is 12.4. The summed E-state index contributed by atoms with van der Waals surface area (Å²) in [6.07, 6.45) is 0.454. The molecular weight excluding hydrogens is 330 g/mol. The van der Waals surface area contributed by atoms with Crippen LogP contribution in [0.15, 0.2) is 48.5 Å². The van der Waals surface area contributed by atoms with E-state index in [1.165, 1.54) is 0 Å². The predicted molar refractivity (Wildman–Crippen MR) is 100 cm³/mol. The molecule has 1 heterocycles. The molecule has 0 unspecified atom stereocenters. The number of hydrazine groups is 1. The fraction of sp³-hybridized carbons (Fsp3) is 0.350. The Hall–Kier alpha value is -2.41. The molecule has 6 heteroatoms. The molecule has 1 atom stereocenters. The zero-order chi connectivity index (χ0) is 18.4. The highest BCUT2D eigenvalue weighted by molar-refractivity contribution is 5.97. The molecule has 0 aliphatic carbocycles. The normalized spacial score (nSPS) is 15.6. The van der Waals surface area contributed by atoms with Crippen molar-refractivity contribution in [3.8, 4) is 5.75 Å². The van der Waals surface area contributed by atoms with Gasteiger partial charge in [-0.1, -0.05) is 36.4 Å². The predicted octanol–water partition coefficient (Wildman–Crippen LogP) is 1.74. The third kappa shape index (κ3) is 4.22. The second kappa shape index (κ2) is 8.80. The van der Waals surface area contributed by atoms with Gasteiger partial charge in [0.2, 0.25) is 0 Å². The number of ether oxygens (including phenoxy) is 1. The third-order valence-corrected chi connectivity index (χ3v) is 4.69. The number of carbonyl (C=O) groups excluding carboxylic acids is 1. The molecule has 26 heavy (non-hydrogen) atoms. The number of amides is 1. The van der Waals surface area contributed by atoms with E-state index in [1.54, 1.807) is 7.11 Å². The van der Waals surface area contributed by atoms with E-state index in [4.69, 9.17) is 4.74 Å². The number of rotatable bonds is 7. The van der Waals surface area contributed by atoms with Crippen molar-refractivity contribution >= 4 is 5.91 Å². The zero-order valence-corrected chi connectivity index (χ0v) is 14.9. The Balaban J connectivity index is 1.79. The number of aliphatic hydroxyl groups is 1. The van der Waals surface area contributed by atoms with Crippen LogP contribution in [0.25, 0.3) is 0 Å².